The molecule has 0 aliphatic carbocycles. The van der Waals surface area contributed by atoms with Crippen LogP contribution in [0.25, 0.3) is 11.3 Å². The molecule has 0 radical (unpaired) electrons. The summed E-state index contributed by atoms with van der Waals surface area (Å²) in [4.78, 5) is 6.72. The monoisotopic (exact) mass is 363 g/mol. The molecular weight excluding hydrogens is 342 g/mol. The quantitative estimate of drug-likeness (QED) is 0.708. The topological polar surface area (TPSA) is 60.6 Å². The fraction of sp³-hybridized carbons (Fsp3) is 0.333. The Morgan fingerprint density at radius 2 is 2.11 bits per heavy atom. The number of fused-ring (bicyclic) bond motifs is 2. The third-order valence-corrected chi connectivity index (χ3v) is 5.38. The summed E-state index contributed by atoms with van der Waals surface area (Å²) in [6, 6.07) is 10.5. The van der Waals surface area contributed by atoms with E-state index in [1.54, 1.807) is 0 Å². The first-order chi connectivity index (χ1) is 13.3. The molecular formula is C21H21N3O3. The maximum Gasteiger partial charge on any atom is 0.231 e. The molecule has 0 spiro atoms. The highest BCUT2D eigenvalue weighted by Crippen LogP contribution is 2.38. The van der Waals surface area contributed by atoms with Crippen LogP contribution in [0, 0.1) is 0 Å². The van der Waals surface area contributed by atoms with Crippen LogP contribution in [-0.4, -0.2) is 34.4 Å². The van der Waals surface area contributed by atoms with Crippen LogP contribution >= 0.6 is 0 Å². The lowest BCUT2D eigenvalue weighted by atomic mass is 9.98. The van der Waals surface area contributed by atoms with Gasteiger partial charge in [0.05, 0.1) is 0 Å². The van der Waals surface area contributed by atoms with Crippen LogP contribution in [0.5, 0.6) is 11.5 Å². The van der Waals surface area contributed by atoms with Crippen molar-refractivity contribution in [3.63, 3.8) is 0 Å². The van der Waals surface area contributed by atoms with E-state index >= 15 is 0 Å². The lowest BCUT2D eigenvalue weighted by Crippen LogP contribution is -2.38. The third kappa shape index (κ3) is 3.06. The molecule has 27 heavy (non-hydrogen) atoms. The summed E-state index contributed by atoms with van der Waals surface area (Å²) in [6.07, 6.45) is 5.62. The first-order valence-electron chi connectivity index (χ1n) is 9.28. The van der Waals surface area contributed by atoms with Gasteiger partial charge in [0.25, 0.3) is 0 Å². The van der Waals surface area contributed by atoms with Crippen LogP contribution in [-0.2, 0) is 19.4 Å². The predicted octanol–water partition coefficient (Wildman–Crippen LogP) is 3.45. The van der Waals surface area contributed by atoms with E-state index < -0.39 is 0 Å². The number of pyridine rings is 1. The number of hydrogen-bond acceptors (Lipinski definition) is 6. The highest BCUT2D eigenvalue weighted by atomic mass is 16.7. The van der Waals surface area contributed by atoms with Gasteiger partial charge in [0.2, 0.25) is 6.79 Å². The molecule has 2 aliphatic heterocycles. The Morgan fingerprint density at radius 1 is 1.19 bits per heavy atom. The average molecular weight is 363 g/mol. The molecule has 6 nitrogen and oxygen atoms in total. The number of hydrogen-bond donors (Lipinski definition) is 0. The molecule has 0 N–H and O–H groups in total. The molecule has 0 unspecified atom stereocenters. The third-order valence-electron chi connectivity index (χ3n) is 5.38. The molecule has 138 valence electrons. The van der Waals surface area contributed by atoms with Crippen molar-refractivity contribution < 1.29 is 14.0 Å². The Kier molecular flexibility index (Phi) is 4.05. The Balaban J connectivity index is 1.38. The van der Waals surface area contributed by atoms with E-state index in [1.165, 1.54) is 11.1 Å². The van der Waals surface area contributed by atoms with E-state index in [0.29, 0.717) is 6.04 Å². The lowest BCUT2D eigenvalue weighted by Gasteiger charge is -2.32. The molecule has 3 aromatic rings. The van der Waals surface area contributed by atoms with Gasteiger partial charge in [-0.3, -0.25) is 9.88 Å². The summed E-state index contributed by atoms with van der Waals surface area (Å²) in [5.41, 5.74) is 4.35. The van der Waals surface area contributed by atoms with Gasteiger partial charge in [0.15, 0.2) is 11.5 Å². The first-order valence-corrected chi connectivity index (χ1v) is 9.28. The minimum absolute atomic E-state index is 0.273. The van der Waals surface area contributed by atoms with Crippen molar-refractivity contribution in [2.45, 2.75) is 32.4 Å². The standard InChI is InChI=1S/C21H21N3O3/c1-14(9-15-3-2-7-22-11-15)24-8-6-18-17(12-24)21(23-27-18)16-4-5-19-20(10-16)26-13-25-19/h2-5,7,10-11,14H,6,8-9,12-13H2,1H3/t14-/m0/s1. The van der Waals surface area contributed by atoms with Crippen LogP contribution in [0.2, 0.25) is 0 Å². The molecule has 4 heterocycles. The second kappa shape index (κ2) is 6.70. The van der Waals surface area contributed by atoms with Gasteiger partial charge in [-0.15, -0.1) is 0 Å². The molecule has 0 saturated heterocycles. The summed E-state index contributed by atoms with van der Waals surface area (Å²) in [5, 5.41) is 4.36. The molecule has 0 saturated carbocycles. The summed E-state index contributed by atoms with van der Waals surface area (Å²) in [7, 11) is 0. The number of rotatable bonds is 4. The number of nitrogens with zero attached hydrogens (tertiary/aromatic N) is 3. The van der Waals surface area contributed by atoms with Gasteiger partial charge in [0, 0.05) is 49.1 Å². The Hall–Kier alpha value is -2.86. The van der Waals surface area contributed by atoms with Crippen molar-refractivity contribution in [3.8, 4) is 22.8 Å². The zero-order valence-corrected chi connectivity index (χ0v) is 15.2. The van der Waals surface area contributed by atoms with Gasteiger partial charge in [-0.25, -0.2) is 0 Å². The average Bonchev–Trinajstić information content (AvgIpc) is 3.34. The molecule has 0 amide bonds. The molecule has 0 bridgehead atoms. The molecule has 5 rings (SSSR count). The highest BCUT2D eigenvalue weighted by molar-refractivity contribution is 5.67. The normalized spacial score (nSPS) is 16.9. The van der Waals surface area contributed by atoms with Gasteiger partial charge in [-0.2, -0.15) is 0 Å². The zero-order valence-electron chi connectivity index (χ0n) is 15.2. The summed E-state index contributed by atoms with van der Waals surface area (Å²) >= 11 is 0. The van der Waals surface area contributed by atoms with Crippen molar-refractivity contribution in [1.82, 2.24) is 15.0 Å². The van der Waals surface area contributed by atoms with Gasteiger partial charge >= 0.3 is 0 Å². The molecule has 0 fully saturated rings. The smallest absolute Gasteiger partial charge is 0.231 e. The van der Waals surface area contributed by atoms with Crippen molar-refractivity contribution in [3.05, 3.63) is 59.6 Å². The van der Waals surface area contributed by atoms with Gasteiger partial charge in [0.1, 0.15) is 11.5 Å². The summed E-state index contributed by atoms with van der Waals surface area (Å²) in [5.74, 6) is 2.54. The first kappa shape index (κ1) is 16.3. The van der Waals surface area contributed by atoms with Crippen molar-refractivity contribution >= 4 is 0 Å². The second-order valence-electron chi connectivity index (χ2n) is 7.14. The van der Waals surface area contributed by atoms with Gasteiger partial charge in [-0.05, 0) is 43.2 Å². The minimum Gasteiger partial charge on any atom is -0.454 e. The fourth-order valence-corrected chi connectivity index (χ4v) is 3.87. The number of benzene rings is 1. The van der Waals surface area contributed by atoms with E-state index in [9.17, 15) is 0 Å². The maximum atomic E-state index is 5.65. The SMILES string of the molecule is C[C@@H](Cc1cccnc1)N1CCc2onc(-c3ccc4c(c3)OCO4)c2C1. The summed E-state index contributed by atoms with van der Waals surface area (Å²) in [6.45, 7) is 4.36. The minimum atomic E-state index is 0.273. The Bertz CT molecular complexity index is 955. The summed E-state index contributed by atoms with van der Waals surface area (Å²) < 4.78 is 16.6. The molecule has 2 aromatic heterocycles. The van der Waals surface area contributed by atoms with Crippen molar-refractivity contribution in [2.75, 3.05) is 13.3 Å². The van der Waals surface area contributed by atoms with E-state index in [-0.39, 0.29) is 6.79 Å². The van der Waals surface area contributed by atoms with Crippen LogP contribution in [0.15, 0.2) is 47.2 Å². The van der Waals surface area contributed by atoms with Gasteiger partial charge in [-0.1, -0.05) is 11.2 Å². The van der Waals surface area contributed by atoms with Crippen LogP contribution in [0.4, 0.5) is 0 Å². The zero-order chi connectivity index (χ0) is 18.2. The van der Waals surface area contributed by atoms with Crippen LogP contribution in [0.3, 0.4) is 0 Å². The van der Waals surface area contributed by atoms with Crippen LogP contribution < -0.4 is 9.47 Å². The van der Waals surface area contributed by atoms with E-state index in [1.807, 2.05) is 36.7 Å². The second-order valence-corrected chi connectivity index (χ2v) is 7.14. The number of ether oxygens (including phenoxy) is 2. The maximum absolute atomic E-state index is 5.65. The van der Waals surface area contributed by atoms with Crippen molar-refractivity contribution in [1.29, 1.82) is 0 Å². The van der Waals surface area contributed by atoms with E-state index in [4.69, 9.17) is 14.0 Å². The van der Waals surface area contributed by atoms with E-state index in [0.717, 1.165) is 54.4 Å². The van der Waals surface area contributed by atoms with Crippen LogP contribution in [0.1, 0.15) is 23.8 Å². The molecule has 2 aliphatic rings. The molecule has 1 aromatic carbocycles. The fourth-order valence-electron chi connectivity index (χ4n) is 3.87. The predicted molar refractivity (Wildman–Crippen MR) is 99.6 cm³/mol. The number of aromatic nitrogens is 2. The highest BCUT2D eigenvalue weighted by Gasteiger charge is 2.28. The van der Waals surface area contributed by atoms with Crippen molar-refractivity contribution in [2.24, 2.45) is 0 Å². The molecule has 6 heteroatoms. The molecule has 1 atom stereocenters. The van der Waals surface area contributed by atoms with Gasteiger partial charge < -0.3 is 14.0 Å². The van der Waals surface area contributed by atoms with E-state index in [2.05, 4.69) is 28.0 Å². The Morgan fingerprint density at radius 3 is 3.00 bits per heavy atom. The Labute approximate surface area is 157 Å². The lowest BCUT2D eigenvalue weighted by molar-refractivity contribution is 0.174. The largest absolute Gasteiger partial charge is 0.454 e.